The molecule has 0 saturated heterocycles. The Balaban J connectivity index is 1.92. The summed E-state index contributed by atoms with van der Waals surface area (Å²) in [6, 6.07) is 7.58. The van der Waals surface area contributed by atoms with Crippen LogP contribution in [0.2, 0.25) is 0 Å². The molecular weight excluding hydrogens is 357 g/mol. The van der Waals surface area contributed by atoms with Crippen LogP contribution in [0.25, 0.3) is 0 Å². The number of fused-ring (bicyclic) bond motifs is 1. The molecule has 1 aromatic heterocycles. The van der Waals surface area contributed by atoms with E-state index in [0.29, 0.717) is 18.5 Å². The van der Waals surface area contributed by atoms with Gasteiger partial charge in [0, 0.05) is 6.42 Å². The fraction of sp³-hybridized carbons (Fsp3) is 0.250. The first-order chi connectivity index (χ1) is 11.5. The number of ether oxygens (including phenoxy) is 1. The second-order valence-electron chi connectivity index (χ2n) is 5.20. The van der Waals surface area contributed by atoms with E-state index < -0.39 is 22.9 Å². The summed E-state index contributed by atoms with van der Waals surface area (Å²) in [6.45, 7) is 0. The number of alkyl halides is 2. The van der Waals surface area contributed by atoms with E-state index in [9.17, 15) is 14.7 Å². The van der Waals surface area contributed by atoms with Crippen molar-refractivity contribution in [3.63, 3.8) is 0 Å². The summed E-state index contributed by atoms with van der Waals surface area (Å²) in [4.78, 5) is 24.5. The van der Waals surface area contributed by atoms with E-state index in [4.69, 9.17) is 32.4 Å². The Labute approximate surface area is 147 Å². The molecule has 0 radical (unpaired) electrons. The highest BCUT2D eigenvalue weighted by atomic mass is 35.5. The number of carbonyl (C=O) groups excluding carboxylic acids is 2. The topological polar surface area (TPSA) is 80.0 Å². The van der Waals surface area contributed by atoms with Gasteiger partial charge in [0.15, 0.2) is 11.1 Å². The Morgan fingerprint density at radius 2 is 2.12 bits per heavy atom. The standard InChI is InChI=1S/C16H13Cl2NO5/c17-14(18)15(21)19-11-5-4-10(20)8-9(11)3-6-13(19)24-16(22)12-2-1-7-23-12/h1-2,4-5,7-8,13-14,20H,3,6H2. The first kappa shape index (κ1) is 16.7. The van der Waals surface area contributed by atoms with Gasteiger partial charge in [0.05, 0.1) is 12.0 Å². The van der Waals surface area contributed by atoms with Gasteiger partial charge in [0.1, 0.15) is 5.75 Å². The van der Waals surface area contributed by atoms with Crippen molar-refractivity contribution in [3.05, 3.63) is 47.9 Å². The Morgan fingerprint density at radius 3 is 2.79 bits per heavy atom. The molecule has 2 heterocycles. The Morgan fingerprint density at radius 1 is 1.33 bits per heavy atom. The third-order valence-electron chi connectivity index (χ3n) is 3.66. The lowest BCUT2D eigenvalue weighted by atomic mass is 10.00. The van der Waals surface area contributed by atoms with E-state index in [1.807, 2.05) is 0 Å². The molecular formula is C16H13Cl2NO5. The van der Waals surface area contributed by atoms with Gasteiger partial charge >= 0.3 is 5.97 Å². The lowest BCUT2D eigenvalue weighted by Gasteiger charge is -2.36. The lowest BCUT2D eigenvalue weighted by Crippen LogP contribution is -2.48. The fourth-order valence-electron chi connectivity index (χ4n) is 2.62. The van der Waals surface area contributed by atoms with Crippen molar-refractivity contribution in [1.29, 1.82) is 0 Å². The molecule has 0 aliphatic carbocycles. The van der Waals surface area contributed by atoms with Crippen LogP contribution in [-0.2, 0) is 16.0 Å². The van der Waals surface area contributed by atoms with Gasteiger partial charge in [-0.15, -0.1) is 0 Å². The predicted octanol–water partition coefficient (Wildman–Crippen LogP) is 3.25. The van der Waals surface area contributed by atoms with Crippen LogP contribution in [0.1, 0.15) is 22.5 Å². The number of aryl methyl sites for hydroxylation is 1. The summed E-state index contributed by atoms with van der Waals surface area (Å²) in [5.74, 6) is -1.18. The number of halogens is 2. The first-order valence-electron chi connectivity index (χ1n) is 7.15. The summed E-state index contributed by atoms with van der Waals surface area (Å²) in [5, 5.41) is 9.61. The quantitative estimate of drug-likeness (QED) is 0.663. The van der Waals surface area contributed by atoms with Crippen LogP contribution < -0.4 is 4.90 Å². The molecule has 3 rings (SSSR count). The number of esters is 1. The van der Waals surface area contributed by atoms with Gasteiger partial charge in [-0.1, -0.05) is 23.2 Å². The van der Waals surface area contributed by atoms with Crippen LogP contribution in [-0.4, -0.2) is 28.0 Å². The minimum Gasteiger partial charge on any atom is -0.508 e. The molecule has 0 saturated carbocycles. The number of nitrogens with zero attached hydrogens (tertiary/aromatic N) is 1. The van der Waals surface area contributed by atoms with Crippen molar-refractivity contribution in [1.82, 2.24) is 0 Å². The van der Waals surface area contributed by atoms with Crippen molar-refractivity contribution >= 4 is 40.8 Å². The number of aromatic hydroxyl groups is 1. The molecule has 1 N–H and O–H groups in total. The van der Waals surface area contributed by atoms with Crippen LogP contribution >= 0.6 is 23.2 Å². The molecule has 1 aliphatic heterocycles. The molecule has 1 aromatic carbocycles. The summed E-state index contributed by atoms with van der Waals surface area (Å²) < 4.78 is 10.4. The number of hydrogen-bond donors (Lipinski definition) is 1. The van der Waals surface area contributed by atoms with E-state index >= 15 is 0 Å². The van der Waals surface area contributed by atoms with Gasteiger partial charge in [-0.3, -0.25) is 9.69 Å². The smallest absolute Gasteiger partial charge is 0.376 e. The highest BCUT2D eigenvalue weighted by molar-refractivity contribution is 6.54. The van der Waals surface area contributed by atoms with Crippen molar-refractivity contribution in [3.8, 4) is 5.75 Å². The van der Waals surface area contributed by atoms with Crippen LogP contribution in [0.5, 0.6) is 5.75 Å². The van der Waals surface area contributed by atoms with E-state index in [1.165, 1.54) is 23.3 Å². The number of carbonyl (C=O) groups is 2. The summed E-state index contributed by atoms with van der Waals surface area (Å²) in [7, 11) is 0. The molecule has 0 spiro atoms. The van der Waals surface area contributed by atoms with E-state index in [-0.39, 0.29) is 11.5 Å². The second-order valence-corrected chi connectivity index (χ2v) is 6.29. The number of phenolic OH excluding ortho intramolecular Hbond substituents is 1. The second kappa shape index (κ2) is 6.75. The third-order valence-corrected chi connectivity index (χ3v) is 4.03. The van der Waals surface area contributed by atoms with Crippen LogP contribution in [0, 0.1) is 0 Å². The normalized spacial score (nSPS) is 16.8. The Kier molecular flexibility index (Phi) is 4.69. The number of benzene rings is 1. The number of phenols is 1. The Hall–Kier alpha value is -2.18. The molecule has 6 nitrogen and oxygen atoms in total. The molecule has 126 valence electrons. The number of rotatable bonds is 3. The van der Waals surface area contributed by atoms with E-state index in [1.54, 1.807) is 18.2 Å². The minimum atomic E-state index is -1.31. The average molecular weight is 370 g/mol. The maximum Gasteiger partial charge on any atom is 0.376 e. The fourth-order valence-corrected chi connectivity index (χ4v) is 2.83. The number of hydrogen-bond acceptors (Lipinski definition) is 5. The number of furan rings is 1. The molecule has 24 heavy (non-hydrogen) atoms. The van der Waals surface area contributed by atoms with Crippen molar-refractivity contribution in [2.75, 3.05) is 4.90 Å². The molecule has 8 heteroatoms. The number of amides is 1. The highest BCUT2D eigenvalue weighted by Gasteiger charge is 2.36. The molecule has 1 atom stereocenters. The zero-order valence-corrected chi connectivity index (χ0v) is 13.8. The van der Waals surface area contributed by atoms with Crippen molar-refractivity contribution < 1.29 is 23.8 Å². The van der Waals surface area contributed by atoms with Crippen molar-refractivity contribution in [2.45, 2.75) is 23.9 Å². The van der Waals surface area contributed by atoms with Crippen LogP contribution in [0.15, 0.2) is 41.0 Å². The monoisotopic (exact) mass is 369 g/mol. The summed E-state index contributed by atoms with van der Waals surface area (Å²) >= 11 is 11.5. The summed E-state index contributed by atoms with van der Waals surface area (Å²) in [5.41, 5.74) is 1.23. The first-order valence-corrected chi connectivity index (χ1v) is 8.02. The van der Waals surface area contributed by atoms with Gasteiger partial charge in [-0.2, -0.15) is 0 Å². The number of anilines is 1. The van der Waals surface area contributed by atoms with Gasteiger partial charge in [0.25, 0.3) is 5.91 Å². The van der Waals surface area contributed by atoms with Gasteiger partial charge in [0.2, 0.25) is 5.76 Å². The largest absolute Gasteiger partial charge is 0.508 e. The zero-order chi connectivity index (χ0) is 17.3. The minimum absolute atomic E-state index is 0.0344. The third kappa shape index (κ3) is 3.20. The van der Waals surface area contributed by atoms with E-state index in [0.717, 1.165) is 5.56 Å². The molecule has 1 amide bonds. The van der Waals surface area contributed by atoms with Crippen LogP contribution in [0.3, 0.4) is 0 Å². The Bertz CT molecular complexity index is 760. The predicted molar refractivity (Wildman–Crippen MR) is 87.3 cm³/mol. The van der Waals surface area contributed by atoms with Gasteiger partial charge < -0.3 is 14.3 Å². The zero-order valence-electron chi connectivity index (χ0n) is 12.3. The molecule has 1 unspecified atom stereocenters. The molecule has 0 bridgehead atoms. The lowest BCUT2D eigenvalue weighted by molar-refractivity contribution is -0.119. The maximum absolute atomic E-state index is 12.4. The SMILES string of the molecule is O=C(OC1CCc2cc(O)ccc2N1C(=O)C(Cl)Cl)c1ccco1. The summed E-state index contributed by atoms with van der Waals surface area (Å²) in [6.07, 6.45) is 1.34. The molecule has 2 aromatic rings. The van der Waals surface area contributed by atoms with Gasteiger partial charge in [-0.05, 0) is 42.3 Å². The van der Waals surface area contributed by atoms with E-state index in [2.05, 4.69) is 0 Å². The highest BCUT2D eigenvalue weighted by Crippen LogP contribution is 2.35. The van der Waals surface area contributed by atoms with Gasteiger partial charge in [-0.25, -0.2) is 4.79 Å². The average Bonchev–Trinajstić information content (AvgIpc) is 3.08. The maximum atomic E-state index is 12.4. The van der Waals surface area contributed by atoms with Crippen molar-refractivity contribution in [2.24, 2.45) is 0 Å². The van der Waals surface area contributed by atoms with Crippen LogP contribution in [0.4, 0.5) is 5.69 Å². The molecule has 1 aliphatic rings. The molecule has 0 fully saturated rings.